The average molecular weight is 168 g/mol. The van der Waals surface area contributed by atoms with Gasteiger partial charge >= 0.3 is 0 Å². The van der Waals surface area contributed by atoms with Crippen LogP contribution in [0.5, 0.6) is 0 Å². The lowest BCUT2D eigenvalue weighted by molar-refractivity contribution is 0.247. The van der Waals surface area contributed by atoms with Crippen molar-refractivity contribution in [2.75, 3.05) is 0 Å². The van der Waals surface area contributed by atoms with Crippen molar-refractivity contribution in [1.29, 1.82) is 0 Å². The van der Waals surface area contributed by atoms with Crippen LogP contribution in [0.4, 0.5) is 0 Å². The van der Waals surface area contributed by atoms with Crippen molar-refractivity contribution in [2.45, 2.75) is 53.4 Å². The number of hydrogen-bond donors (Lipinski definition) is 0. The second-order valence-corrected chi connectivity index (χ2v) is 4.11. The predicted molar refractivity (Wildman–Crippen MR) is 57.3 cm³/mol. The van der Waals surface area contributed by atoms with Gasteiger partial charge in [0.1, 0.15) is 0 Å². The molecule has 0 aromatic rings. The molecule has 2 unspecified atom stereocenters. The van der Waals surface area contributed by atoms with Gasteiger partial charge < -0.3 is 0 Å². The fraction of sp³-hybridized carbons (Fsp3) is 0.833. The Morgan fingerprint density at radius 1 is 1.42 bits per heavy atom. The summed E-state index contributed by atoms with van der Waals surface area (Å²) in [6, 6.07) is 0. The van der Waals surface area contributed by atoms with Gasteiger partial charge in [0.15, 0.2) is 0 Å². The number of rotatable bonds is 6. The molecule has 0 aromatic heterocycles. The van der Waals surface area contributed by atoms with E-state index in [1.165, 1.54) is 25.7 Å². The fourth-order valence-electron chi connectivity index (χ4n) is 1.53. The summed E-state index contributed by atoms with van der Waals surface area (Å²) < 4.78 is 0. The van der Waals surface area contributed by atoms with E-state index in [9.17, 15) is 0 Å². The molecule has 0 nitrogen and oxygen atoms in total. The van der Waals surface area contributed by atoms with Crippen molar-refractivity contribution < 1.29 is 0 Å². The predicted octanol–water partition coefficient (Wildman–Crippen LogP) is 4.42. The van der Waals surface area contributed by atoms with E-state index in [-0.39, 0.29) is 0 Å². The molecule has 0 aliphatic carbocycles. The third kappa shape index (κ3) is 3.00. The molecule has 0 saturated carbocycles. The number of hydrogen-bond acceptors (Lipinski definition) is 0. The highest BCUT2D eigenvalue weighted by Gasteiger charge is 2.24. The van der Waals surface area contributed by atoms with E-state index < -0.39 is 0 Å². The van der Waals surface area contributed by atoms with Crippen LogP contribution in [0.15, 0.2) is 12.7 Å². The Bertz CT molecular complexity index is 126. The Balaban J connectivity index is 4.02. The van der Waals surface area contributed by atoms with Crippen molar-refractivity contribution in [3.63, 3.8) is 0 Å². The van der Waals surface area contributed by atoms with Gasteiger partial charge in [0.2, 0.25) is 0 Å². The highest BCUT2D eigenvalue weighted by atomic mass is 14.3. The largest absolute Gasteiger partial charge is 0.103 e. The maximum atomic E-state index is 3.93. The molecule has 0 bridgehead atoms. The van der Waals surface area contributed by atoms with Gasteiger partial charge in [-0.05, 0) is 24.2 Å². The summed E-state index contributed by atoms with van der Waals surface area (Å²) in [5.74, 6) is 0.778. The minimum atomic E-state index is 0.356. The molecular formula is C12H24. The Morgan fingerprint density at radius 2 is 2.00 bits per heavy atom. The number of allylic oxidation sites excluding steroid dienone is 1. The van der Waals surface area contributed by atoms with Crippen LogP contribution in [0.25, 0.3) is 0 Å². The summed E-state index contributed by atoms with van der Waals surface area (Å²) in [4.78, 5) is 0. The van der Waals surface area contributed by atoms with Crippen LogP contribution in [0, 0.1) is 11.3 Å². The fourth-order valence-corrected chi connectivity index (χ4v) is 1.53. The van der Waals surface area contributed by atoms with E-state index >= 15 is 0 Å². The van der Waals surface area contributed by atoms with Crippen LogP contribution < -0.4 is 0 Å². The first-order valence-electron chi connectivity index (χ1n) is 5.24. The van der Waals surface area contributed by atoms with E-state index in [1.807, 2.05) is 0 Å². The first kappa shape index (κ1) is 11.7. The van der Waals surface area contributed by atoms with E-state index in [4.69, 9.17) is 0 Å². The second-order valence-electron chi connectivity index (χ2n) is 4.11. The summed E-state index contributed by atoms with van der Waals surface area (Å²) in [6.45, 7) is 13.1. The lowest BCUT2D eigenvalue weighted by Crippen LogP contribution is -2.21. The van der Waals surface area contributed by atoms with Crippen molar-refractivity contribution in [2.24, 2.45) is 11.3 Å². The molecule has 72 valence electrons. The molecule has 0 rings (SSSR count). The summed E-state index contributed by atoms with van der Waals surface area (Å²) >= 11 is 0. The Labute approximate surface area is 78.1 Å². The molecule has 0 spiro atoms. The van der Waals surface area contributed by atoms with E-state index in [1.54, 1.807) is 0 Å². The first-order chi connectivity index (χ1) is 5.60. The zero-order valence-corrected chi connectivity index (χ0v) is 9.19. The lowest BCUT2D eigenvalue weighted by atomic mass is 9.74. The lowest BCUT2D eigenvalue weighted by Gasteiger charge is -2.31. The van der Waals surface area contributed by atoms with E-state index in [2.05, 4.69) is 40.3 Å². The summed E-state index contributed by atoms with van der Waals surface area (Å²) in [6.07, 6.45) is 7.34. The molecule has 0 N–H and O–H groups in total. The van der Waals surface area contributed by atoms with Gasteiger partial charge in [0, 0.05) is 0 Å². The molecule has 0 saturated heterocycles. The normalized spacial score (nSPS) is 18.3. The Hall–Kier alpha value is -0.260. The molecule has 0 heterocycles. The quantitative estimate of drug-likeness (QED) is 0.515. The van der Waals surface area contributed by atoms with Crippen LogP contribution in [0.3, 0.4) is 0 Å². The molecular weight excluding hydrogens is 144 g/mol. The second kappa shape index (κ2) is 5.40. The van der Waals surface area contributed by atoms with Crippen LogP contribution in [0.2, 0.25) is 0 Å². The van der Waals surface area contributed by atoms with Crippen LogP contribution in [-0.2, 0) is 0 Å². The van der Waals surface area contributed by atoms with Crippen LogP contribution >= 0.6 is 0 Å². The third-order valence-electron chi connectivity index (χ3n) is 3.34. The zero-order chi connectivity index (χ0) is 9.61. The summed E-state index contributed by atoms with van der Waals surface area (Å²) in [5.41, 5.74) is 0.356. The zero-order valence-electron chi connectivity index (χ0n) is 9.19. The van der Waals surface area contributed by atoms with Crippen molar-refractivity contribution >= 4 is 0 Å². The van der Waals surface area contributed by atoms with Crippen LogP contribution in [-0.4, -0.2) is 0 Å². The summed E-state index contributed by atoms with van der Waals surface area (Å²) in [5, 5.41) is 0. The Morgan fingerprint density at radius 3 is 2.33 bits per heavy atom. The molecule has 0 radical (unpaired) electrons. The van der Waals surface area contributed by atoms with Gasteiger partial charge in [-0.15, -0.1) is 6.58 Å². The SMILES string of the molecule is C=CC(C)(CC)C(C)CCCC. The van der Waals surface area contributed by atoms with Gasteiger partial charge in [-0.25, -0.2) is 0 Å². The Kier molecular flexibility index (Phi) is 5.28. The molecule has 0 aliphatic heterocycles. The topological polar surface area (TPSA) is 0 Å². The van der Waals surface area contributed by atoms with Crippen molar-refractivity contribution in [3.8, 4) is 0 Å². The monoisotopic (exact) mass is 168 g/mol. The molecule has 2 atom stereocenters. The average Bonchev–Trinajstić information content (AvgIpc) is 2.12. The highest BCUT2D eigenvalue weighted by Crippen LogP contribution is 2.35. The van der Waals surface area contributed by atoms with Crippen LogP contribution in [0.1, 0.15) is 53.4 Å². The molecule has 0 heteroatoms. The molecule has 0 aliphatic rings. The maximum absolute atomic E-state index is 3.93. The van der Waals surface area contributed by atoms with E-state index in [0.717, 1.165) is 5.92 Å². The molecule has 0 aromatic carbocycles. The van der Waals surface area contributed by atoms with Gasteiger partial charge in [0.05, 0.1) is 0 Å². The number of unbranched alkanes of at least 4 members (excludes halogenated alkanes) is 1. The minimum Gasteiger partial charge on any atom is -0.103 e. The minimum absolute atomic E-state index is 0.356. The van der Waals surface area contributed by atoms with Gasteiger partial charge in [-0.1, -0.05) is 46.6 Å². The molecule has 12 heavy (non-hydrogen) atoms. The third-order valence-corrected chi connectivity index (χ3v) is 3.34. The summed E-state index contributed by atoms with van der Waals surface area (Å²) in [7, 11) is 0. The van der Waals surface area contributed by atoms with E-state index in [0.29, 0.717) is 5.41 Å². The van der Waals surface area contributed by atoms with Crippen molar-refractivity contribution in [1.82, 2.24) is 0 Å². The highest BCUT2D eigenvalue weighted by molar-refractivity contribution is 4.93. The molecule has 0 fully saturated rings. The van der Waals surface area contributed by atoms with Gasteiger partial charge in [0.25, 0.3) is 0 Å². The first-order valence-corrected chi connectivity index (χ1v) is 5.24. The van der Waals surface area contributed by atoms with Gasteiger partial charge in [-0.3, -0.25) is 0 Å². The maximum Gasteiger partial charge on any atom is -0.0126 e. The molecule has 0 amide bonds. The standard InChI is InChI=1S/C12H24/c1-6-9-10-11(4)12(5,7-2)8-3/h7,11H,2,6,8-10H2,1,3-5H3. The van der Waals surface area contributed by atoms with Crippen molar-refractivity contribution in [3.05, 3.63) is 12.7 Å². The van der Waals surface area contributed by atoms with Gasteiger partial charge in [-0.2, -0.15) is 0 Å². The smallest absolute Gasteiger partial charge is 0.0126 e.